The molecule has 1 rings (SSSR count). The van der Waals surface area contributed by atoms with E-state index in [1.807, 2.05) is 13.8 Å². The average molecular weight is 223 g/mol. The molecule has 0 atom stereocenters. The minimum atomic E-state index is -0.0155. The number of hydrogen-bond acceptors (Lipinski definition) is 2. The predicted molar refractivity (Wildman–Crippen MR) is 65.1 cm³/mol. The van der Waals surface area contributed by atoms with Gasteiger partial charge >= 0.3 is 0 Å². The quantitative estimate of drug-likeness (QED) is 0.784. The zero-order chi connectivity index (χ0) is 11.4. The molecule has 1 aromatic heterocycles. The summed E-state index contributed by atoms with van der Waals surface area (Å²) in [6, 6.07) is 0. The maximum atomic E-state index is 11.4. The minimum Gasteiger partial charge on any atom is -0.348 e. The lowest BCUT2D eigenvalue weighted by Crippen LogP contribution is -2.20. The second kappa shape index (κ2) is 5.12. The molecule has 82 valence electrons. The van der Waals surface area contributed by atoms with Crippen molar-refractivity contribution in [2.24, 2.45) is 0 Å². The zero-order valence-corrected chi connectivity index (χ0v) is 10.5. The summed E-state index contributed by atoms with van der Waals surface area (Å²) in [5, 5.41) is 4.98. The average Bonchev–Trinajstić information content (AvgIpc) is 2.44. The van der Waals surface area contributed by atoms with E-state index in [1.165, 1.54) is 16.0 Å². The number of rotatable bonds is 3. The Bertz CT molecular complexity index is 386. The summed E-state index contributed by atoms with van der Waals surface area (Å²) in [6.07, 6.45) is 1.62. The van der Waals surface area contributed by atoms with Crippen LogP contribution in [0.1, 0.15) is 29.9 Å². The Hall–Kier alpha value is -1.09. The summed E-state index contributed by atoms with van der Waals surface area (Å²) in [4.78, 5) is 12.7. The van der Waals surface area contributed by atoms with Crippen LogP contribution in [0.3, 0.4) is 0 Å². The van der Waals surface area contributed by atoms with Crippen LogP contribution in [0.2, 0.25) is 0 Å². The first-order chi connectivity index (χ1) is 7.00. The van der Waals surface area contributed by atoms with E-state index < -0.39 is 0 Å². The fourth-order valence-corrected chi connectivity index (χ4v) is 2.12. The number of nitrogens with one attached hydrogen (secondary N) is 1. The lowest BCUT2D eigenvalue weighted by Gasteiger charge is -2.02. The van der Waals surface area contributed by atoms with Crippen LogP contribution in [0.4, 0.5) is 0 Å². The normalized spacial score (nSPS) is 9.87. The largest absolute Gasteiger partial charge is 0.348 e. The number of carbonyl (C=O) groups excluding carboxylic acids is 1. The van der Waals surface area contributed by atoms with Gasteiger partial charge in [0.15, 0.2) is 0 Å². The van der Waals surface area contributed by atoms with Gasteiger partial charge in [-0.3, -0.25) is 4.79 Å². The standard InChI is InChI=1S/C12H17NOS/c1-8(2)5-12(14)13-6-11-7-15-10(4)9(11)3/h5,7H,6H2,1-4H3,(H,13,14). The molecule has 0 aromatic carbocycles. The topological polar surface area (TPSA) is 29.1 Å². The Balaban J connectivity index is 2.55. The molecule has 0 spiro atoms. The summed E-state index contributed by atoms with van der Waals surface area (Å²) < 4.78 is 0. The van der Waals surface area contributed by atoms with E-state index in [4.69, 9.17) is 0 Å². The molecule has 0 radical (unpaired) electrons. The molecule has 1 N–H and O–H groups in total. The van der Waals surface area contributed by atoms with E-state index in [0.29, 0.717) is 6.54 Å². The number of hydrogen-bond donors (Lipinski definition) is 1. The van der Waals surface area contributed by atoms with Gasteiger partial charge in [0.25, 0.3) is 0 Å². The summed E-state index contributed by atoms with van der Waals surface area (Å²) >= 11 is 1.73. The lowest BCUT2D eigenvalue weighted by atomic mass is 10.2. The smallest absolute Gasteiger partial charge is 0.244 e. The molecule has 0 saturated carbocycles. The Morgan fingerprint density at radius 2 is 2.13 bits per heavy atom. The van der Waals surface area contributed by atoms with Crippen LogP contribution >= 0.6 is 11.3 Å². The highest BCUT2D eigenvalue weighted by atomic mass is 32.1. The Morgan fingerprint density at radius 1 is 1.47 bits per heavy atom. The molecule has 1 amide bonds. The summed E-state index contributed by atoms with van der Waals surface area (Å²) in [6.45, 7) is 8.65. The third-order valence-electron chi connectivity index (χ3n) is 2.26. The van der Waals surface area contributed by atoms with E-state index in [0.717, 1.165) is 5.57 Å². The molecule has 1 heterocycles. The Kier molecular flexibility index (Phi) is 4.09. The van der Waals surface area contributed by atoms with Crippen LogP contribution in [0.25, 0.3) is 0 Å². The highest BCUT2D eigenvalue weighted by Gasteiger charge is 2.04. The zero-order valence-electron chi connectivity index (χ0n) is 9.68. The van der Waals surface area contributed by atoms with Crippen LogP contribution in [-0.4, -0.2) is 5.91 Å². The molecular weight excluding hydrogens is 206 g/mol. The number of carbonyl (C=O) groups is 1. The molecule has 15 heavy (non-hydrogen) atoms. The third kappa shape index (κ3) is 3.51. The molecule has 0 fully saturated rings. The SMILES string of the molecule is CC(C)=CC(=O)NCc1csc(C)c1C. The summed E-state index contributed by atoms with van der Waals surface area (Å²) in [5.74, 6) is -0.0155. The van der Waals surface area contributed by atoms with Crippen LogP contribution in [0.5, 0.6) is 0 Å². The van der Waals surface area contributed by atoms with Crippen molar-refractivity contribution < 1.29 is 4.79 Å². The van der Waals surface area contributed by atoms with Gasteiger partial charge in [0, 0.05) is 17.5 Å². The van der Waals surface area contributed by atoms with Gasteiger partial charge < -0.3 is 5.32 Å². The molecule has 1 aromatic rings. The van der Waals surface area contributed by atoms with Crippen LogP contribution in [0.15, 0.2) is 17.0 Å². The maximum absolute atomic E-state index is 11.4. The van der Waals surface area contributed by atoms with Gasteiger partial charge in [-0.25, -0.2) is 0 Å². The van der Waals surface area contributed by atoms with Gasteiger partial charge in [0.05, 0.1) is 0 Å². The van der Waals surface area contributed by atoms with Crippen LogP contribution in [-0.2, 0) is 11.3 Å². The summed E-state index contributed by atoms with van der Waals surface area (Å²) in [7, 11) is 0. The number of thiophene rings is 1. The van der Waals surface area contributed by atoms with E-state index in [-0.39, 0.29) is 5.91 Å². The molecule has 0 aliphatic carbocycles. The molecule has 2 nitrogen and oxygen atoms in total. The second-order valence-corrected chi connectivity index (χ2v) is 4.97. The number of allylic oxidation sites excluding steroid dienone is 1. The monoisotopic (exact) mass is 223 g/mol. The first-order valence-electron chi connectivity index (χ1n) is 4.97. The van der Waals surface area contributed by atoms with Crippen LogP contribution in [0, 0.1) is 13.8 Å². The third-order valence-corrected chi connectivity index (χ3v) is 3.32. The molecular formula is C12H17NOS. The first-order valence-corrected chi connectivity index (χ1v) is 5.85. The van der Waals surface area contributed by atoms with E-state index >= 15 is 0 Å². The molecule has 3 heteroatoms. The second-order valence-electron chi connectivity index (χ2n) is 3.88. The summed E-state index contributed by atoms with van der Waals surface area (Å²) in [5.41, 5.74) is 3.52. The molecule has 0 unspecified atom stereocenters. The van der Waals surface area contributed by atoms with Crippen molar-refractivity contribution in [3.63, 3.8) is 0 Å². The van der Waals surface area contributed by atoms with Crippen molar-refractivity contribution in [3.05, 3.63) is 33.0 Å². The fraction of sp³-hybridized carbons (Fsp3) is 0.417. The van der Waals surface area contributed by atoms with Gasteiger partial charge in [-0.2, -0.15) is 0 Å². The lowest BCUT2D eigenvalue weighted by molar-refractivity contribution is -0.116. The van der Waals surface area contributed by atoms with Crippen molar-refractivity contribution in [2.75, 3.05) is 0 Å². The number of amides is 1. The van der Waals surface area contributed by atoms with Crippen LogP contribution < -0.4 is 5.32 Å². The number of aryl methyl sites for hydroxylation is 1. The van der Waals surface area contributed by atoms with Gasteiger partial charge in [0.2, 0.25) is 5.91 Å². The van der Waals surface area contributed by atoms with Crippen molar-refractivity contribution in [1.82, 2.24) is 5.32 Å². The van der Waals surface area contributed by atoms with E-state index in [9.17, 15) is 4.79 Å². The van der Waals surface area contributed by atoms with Crippen molar-refractivity contribution >= 4 is 17.2 Å². The van der Waals surface area contributed by atoms with Gasteiger partial charge in [-0.05, 0) is 44.2 Å². The molecule has 0 aliphatic heterocycles. The molecule has 0 bridgehead atoms. The van der Waals surface area contributed by atoms with E-state index in [2.05, 4.69) is 24.5 Å². The minimum absolute atomic E-state index is 0.0155. The predicted octanol–water partition coefficient (Wildman–Crippen LogP) is 2.95. The van der Waals surface area contributed by atoms with Gasteiger partial charge in [-0.15, -0.1) is 11.3 Å². The fourth-order valence-electron chi connectivity index (χ4n) is 1.23. The van der Waals surface area contributed by atoms with Crippen molar-refractivity contribution in [3.8, 4) is 0 Å². The molecule has 0 aliphatic rings. The van der Waals surface area contributed by atoms with Gasteiger partial charge in [0.1, 0.15) is 0 Å². The highest BCUT2D eigenvalue weighted by molar-refractivity contribution is 7.10. The van der Waals surface area contributed by atoms with E-state index in [1.54, 1.807) is 17.4 Å². The van der Waals surface area contributed by atoms with Crippen molar-refractivity contribution in [2.45, 2.75) is 34.2 Å². The highest BCUT2D eigenvalue weighted by Crippen LogP contribution is 2.20. The Morgan fingerprint density at radius 3 is 2.60 bits per heavy atom. The first kappa shape index (κ1) is 12.0. The van der Waals surface area contributed by atoms with Crippen molar-refractivity contribution in [1.29, 1.82) is 0 Å². The van der Waals surface area contributed by atoms with Gasteiger partial charge in [-0.1, -0.05) is 5.57 Å². The Labute approximate surface area is 95.0 Å². The maximum Gasteiger partial charge on any atom is 0.244 e. The molecule has 0 saturated heterocycles.